The molecule has 0 radical (unpaired) electrons. The van der Waals surface area contributed by atoms with E-state index in [0.29, 0.717) is 29.4 Å². The van der Waals surface area contributed by atoms with E-state index in [1.165, 1.54) is 0 Å². The SMILES string of the molecule is CC1CCC(C(=O)N2c3cc4c(cc3C(=O)OC2C)oc2ccc(C3C=CCO3)cc24)CC1. The highest BCUT2D eigenvalue weighted by Crippen LogP contribution is 2.40. The number of benzene rings is 2. The Bertz CT molecular complexity index is 1300. The van der Waals surface area contributed by atoms with E-state index in [1.54, 1.807) is 17.9 Å². The van der Waals surface area contributed by atoms with Gasteiger partial charge in [0.05, 0.1) is 17.9 Å². The van der Waals surface area contributed by atoms with Crippen LogP contribution in [0.15, 0.2) is 46.9 Å². The number of nitrogens with zero attached hydrogens (tertiary/aromatic N) is 1. The maximum absolute atomic E-state index is 13.6. The van der Waals surface area contributed by atoms with Crippen molar-refractivity contribution in [1.82, 2.24) is 0 Å². The van der Waals surface area contributed by atoms with Gasteiger partial charge in [-0.05, 0) is 68.4 Å². The van der Waals surface area contributed by atoms with Gasteiger partial charge < -0.3 is 13.9 Å². The quantitative estimate of drug-likeness (QED) is 0.363. The standard InChI is InChI=1S/C27H27NO5/c1-15-5-7-17(8-6-15)26(29)28-16(2)32-27(30)21-14-25-20(13-22(21)28)19-12-18(9-10-24(19)33-25)23-4-3-11-31-23/h3-4,9-10,12-17,23H,5-8,11H2,1-2H3. The molecule has 6 rings (SSSR count). The van der Waals surface area contributed by atoms with Gasteiger partial charge in [0.15, 0.2) is 6.23 Å². The Morgan fingerprint density at radius 3 is 2.55 bits per heavy atom. The zero-order chi connectivity index (χ0) is 22.7. The van der Waals surface area contributed by atoms with Crippen molar-refractivity contribution >= 4 is 39.5 Å². The maximum atomic E-state index is 13.6. The lowest BCUT2D eigenvalue weighted by Gasteiger charge is -2.37. The van der Waals surface area contributed by atoms with Crippen LogP contribution in [0.2, 0.25) is 0 Å². The number of anilines is 1. The highest BCUT2D eigenvalue weighted by molar-refractivity contribution is 6.13. The lowest BCUT2D eigenvalue weighted by atomic mass is 9.82. The first-order valence-electron chi connectivity index (χ1n) is 11.8. The van der Waals surface area contributed by atoms with Crippen LogP contribution in [0.4, 0.5) is 5.69 Å². The van der Waals surface area contributed by atoms with Crippen LogP contribution in [-0.4, -0.2) is 24.7 Å². The summed E-state index contributed by atoms with van der Waals surface area (Å²) in [6.45, 7) is 4.62. The average Bonchev–Trinajstić information content (AvgIpc) is 3.46. The molecule has 1 saturated carbocycles. The van der Waals surface area contributed by atoms with Gasteiger partial charge in [-0.25, -0.2) is 4.79 Å². The highest BCUT2D eigenvalue weighted by Gasteiger charge is 2.38. The molecule has 3 aromatic rings. The van der Waals surface area contributed by atoms with Gasteiger partial charge in [-0.2, -0.15) is 0 Å². The number of carbonyl (C=O) groups excluding carboxylic acids is 2. The number of hydrogen-bond acceptors (Lipinski definition) is 5. The molecular weight excluding hydrogens is 418 g/mol. The number of cyclic esters (lactones) is 1. The van der Waals surface area contributed by atoms with E-state index in [0.717, 1.165) is 47.6 Å². The van der Waals surface area contributed by atoms with Crippen molar-refractivity contribution in [2.45, 2.75) is 51.9 Å². The monoisotopic (exact) mass is 445 g/mol. The molecule has 2 unspecified atom stereocenters. The molecule has 0 saturated heterocycles. The van der Waals surface area contributed by atoms with Crippen molar-refractivity contribution < 1.29 is 23.5 Å². The van der Waals surface area contributed by atoms with E-state index in [9.17, 15) is 9.59 Å². The number of amides is 1. The third-order valence-electron chi connectivity index (χ3n) is 7.35. The summed E-state index contributed by atoms with van der Waals surface area (Å²) in [5.41, 5.74) is 3.38. The molecule has 0 bridgehead atoms. The minimum absolute atomic E-state index is 0.0389. The fraction of sp³-hybridized carbons (Fsp3) is 0.407. The van der Waals surface area contributed by atoms with Crippen LogP contribution in [0.3, 0.4) is 0 Å². The van der Waals surface area contributed by atoms with E-state index in [2.05, 4.69) is 19.1 Å². The van der Waals surface area contributed by atoms with E-state index in [-0.39, 0.29) is 17.9 Å². The topological polar surface area (TPSA) is 69.0 Å². The first kappa shape index (κ1) is 20.5. The van der Waals surface area contributed by atoms with E-state index < -0.39 is 12.2 Å². The third kappa shape index (κ3) is 3.35. The predicted octanol–water partition coefficient (Wildman–Crippen LogP) is 5.89. The Balaban J connectivity index is 1.46. The number of rotatable bonds is 2. The molecule has 170 valence electrons. The third-order valence-corrected chi connectivity index (χ3v) is 7.35. The van der Waals surface area contributed by atoms with Gasteiger partial charge in [0.2, 0.25) is 5.91 Å². The van der Waals surface area contributed by atoms with E-state index in [1.807, 2.05) is 24.3 Å². The van der Waals surface area contributed by atoms with Crippen LogP contribution in [0, 0.1) is 11.8 Å². The molecule has 6 heteroatoms. The highest BCUT2D eigenvalue weighted by atomic mass is 16.6. The molecule has 0 spiro atoms. The smallest absolute Gasteiger partial charge is 0.342 e. The number of fused-ring (bicyclic) bond motifs is 4. The molecule has 2 atom stereocenters. The molecule has 2 aliphatic heterocycles. The first-order chi connectivity index (χ1) is 16.0. The predicted molar refractivity (Wildman–Crippen MR) is 125 cm³/mol. The summed E-state index contributed by atoms with van der Waals surface area (Å²) in [4.78, 5) is 28.0. The number of esters is 1. The normalized spacial score (nSPS) is 27.2. The zero-order valence-electron chi connectivity index (χ0n) is 18.9. The summed E-state index contributed by atoms with van der Waals surface area (Å²) >= 11 is 0. The second-order valence-corrected chi connectivity index (χ2v) is 9.57. The van der Waals surface area contributed by atoms with Gasteiger partial charge >= 0.3 is 5.97 Å². The Morgan fingerprint density at radius 1 is 1.00 bits per heavy atom. The molecule has 3 heterocycles. The Morgan fingerprint density at radius 2 is 1.79 bits per heavy atom. The average molecular weight is 446 g/mol. The molecule has 1 aromatic heterocycles. The van der Waals surface area contributed by atoms with Gasteiger partial charge in [0.25, 0.3) is 0 Å². The van der Waals surface area contributed by atoms with Gasteiger partial charge in [0.1, 0.15) is 17.3 Å². The zero-order valence-corrected chi connectivity index (χ0v) is 18.9. The second kappa shape index (κ2) is 7.73. The van der Waals surface area contributed by atoms with Crippen molar-refractivity contribution in [3.8, 4) is 0 Å². The number of hydrogen-bond donors (Lipinski definition) is 0. The molecule has 2 aromatic carbocycles. The van der Waals surface area contributed by atoms with Crippen LogP contribution in [0.25, 0.3) is 21.9 Å². The summed E-state index contributed by atoms with van der Waals surface area (Å²) in [6, 6.07) is 9.65. The van der Waals surface area contributed by atoms with E-state index >= 15 is 0 Å². The van der Waals surface area contributed by atoms with Crippen molar-refractivity contribution in [2.75, 3.05) is 11.5 Å². The molecule has 1 aliphatic carbocycles. The summed E-state index contributed by atoms with van der Waals surface area (Å²) in [6.07, 6.45) is 7.21. The van der Waals surface area contributed by atoms with Gasteiger partial charge in [0, 0.05) is 16.7 Å². The van der Waals surface area contributed by atoms with Crippen LogP contribution in [0.5, 0.6) is 0 Å². The van der Waals surface area contributed by atoms with Crippen LogP contribution < -0.4 is 4.90 Å². The largest absolute Gasteiger partial charge is 0.456 e. The Hall–Kier alpha value is -3.12. The molecule has 6 nitrogen and oxygen atoms in total. The molecule has 0 N–H and O–H groups in total. The van der Waals surface area contributed by atoms with Crippen LogP contribution >= 0.6 is 0 Å². The Labute approximate surface area is 192 Å². The minimum atomic E-state index is -0.639. The summed E-state index contributed by atoms with van der Waals surface area (Å²) in [7, 11) is 0. The minimum Gasteiger partial charge on any atom is -0.456 e. The van der Waals surface area contributed by atoms with Gasteiger partial charge in [-0.1, -0.05) is 25.1 Å². The summed E-state index contributed by atoms with van der Waals surface area (Å²) in [5, 5.41) is 1.82. The van der Waals surface area contributed by atoms with Crippen LogP contribution in [-0.2, 0) is 14.3 Å². The Kier molecular flexibility index (Phi) is 4.80. The lowest BCUT2D eigenvalue weighted by molar-refractivity contribution is -0.125. The van der Waals surface area contributed by atoms with Gasteiger partial charge in [-0.3, -0.25) is 9.69 Å². The molecule has 1 amide bonds. The number of carbonyl (C=O) groups is 2. The fourth-order valence-electron chi connectivity index (χ4n) is 5.44. The maximum Gasteiger partial charge on any atom is 0.342 e. The lowest BCUT2D eigenvalue weighted by Crippen LogP contribution is -2.48. The fourth-order valence-corrected chi connectivity index (χ4v) is 5.44. The van der Waals surface area contributed by atoms with Crippen molar-refractivity contribution in [3.05, 3.63) is 53.6 Å². The van der Waals surface area contributed by atoms with Crippen molar-refractivity contribution in [3.63, 3.8) is 0 Å². The van der Waals surface area contributed by atoms with Crippen molar-refractivity contribution in [1.29, 1.82) is 0 Å². The van der Waals surface area contributed by atoms with Gasteiger partial charge in [-0.15, -0.1) is 0 Å². The number of furan rings is 1. The number of ether oxygens (including phenoxy) is 2. The summed E-state index contributed by atoms with van der Waals surface area (Å²) < 4.78 is 17.4. The molecule has 1 fully saturated rings. The van der Waals surface area contributed by atoms with Crippen LogP contribution in [0.1, 0.15) is 61.6 Å². The second-order valence-electron chi connectivity index (χ2n) is 9.57. The summed E-state index contributed by atoms with van der Waals surface area (Å²) in [5.74, 6) is 0.234. The molecule has 3 aliphatic rings. The van der Waals surface area contributed by atoms with E-state index in [4.69, 9.17) is 13.9 Å². The van der Waals surface area contributed by atoms with Crippen molar-refractivity contribution in [2.24, 2.45) is 11.8 Å². The first-order valence-corrected chi connectivity index (χ1v) is 11.8. The molecule has 33 heavy (non-hydrogen) atoms. The molecular formula is C27H27NO5.